The maximum Gasteiger partial charge on any atom is 0.151 e. The first-order valence-electron chi connectivity index (χ1n) is 4.74. The van der Waals surface area contributed by atoms with Gasteiger partial charge in [-0.15, -0.1) is 0 Å². The number of pyridine rings is 1. The summed E-state index contributed by atoms with van der Waals surface area (Å²) in [5, 5.41) is 3.40. The zero-order chi connectivity index (χ0) is 9.97. The molecule has 0 saturated carbocycles. The van der Waals surface area contributed by atoms with Crippen molar-refractivity contribution < 1.29 is 4.74 Å². The Morgan fingerprint density at radius 2 is 2.29 bits per heavy atom. The minimum atomic E-state index is 0.442. The number of rotatable bonds is 3. The highest BCUT2D eigenvalue weighted by molar-refractivity contribution is 5.65. The van der Waals surface area contributed by atoms with E-state index in [9.17, 15) is 0 Å². The van der Waals surface area contributed by atoms with Crippen LogP contribution in [-0.2, 0) is 4.74 Å². The van der Waals surface area contributed by atoms with E-state index in [0.717, 1.165) is 24.7 Å². The second kappa shape index (κ2) is 3.84. The largest absolute Gasteiger partial charge is 0.377 e. The van der Waals surface area contributed by atoms with Gasteiger partial charge in [0, 0.05) is 20.3 Å². The molecule has 0 amide bonds. The fourth-order valence-corrected chi connectivity index (χ4v) is 1.40. The average Bonchev–Trinajstić information content (AvgIpc) is 2.12. The molecule has 0 spiro atoms. The van der Waals surface area contributed by atoms with Crippen LogP contribution in [0.25, 0.3) is 0 Å². The Labute approximate surface area is 83.9 Å². The zero-order valence-electron chi connectivity index (χ0n) is 8.53. The zero-order valence-corrected chi connectivity index (χ0v) is 8.53. The number of aromatic nitrogens is 1. The summed E-state index contributed by atoms with van der Waals surface area (Å²) in [5.41, 5.74) is 1.07. The van der Waals surface area contributed by atoms with Crippen LogP contribution in [0.15, 0.2) is 18.3 Å². The van der Waals surface area contributed by atoms with E-state index in [1.165, 1.54) is 0 Å². The third-order valence-corrected chi connectivity index (χ3v) is 2.21. The third kappa shape index (κ3) is 1.80. The molecule has 0 bridgehead atoms. The molecule has 1 aromatic rings. The highest BCUT2D eigenvalue weighted by Gasteiger charge is 2.19. The quantitative estimate of drug-likeness (QED) is 0.775. The van der Waals surface area contributed by atoms with Gasteiger partial charge in [0.15, 0.2) is 5.82 Å². The Morgan fingerprint density at radius 1 is 1.50 bits per heavy atom. The van der Waals surface area contributed by atoms with E-state index in [1.54, 1.807) is 6.20 Å². The van der Waals surface area contributed by atoms with Crippen molar-refractivity contribution in [2.45, 2.75) is 6.04 Å². The second-order valence-corrected chi connectivity index (χ2v) is 3.65. The van der Waals surface area contributed by atoms with Crippen molar-refractivity contribution in [1.29, 1.82) is 0 Å². The van der Waals surface area contributed by atoms with Crippen LogP contribution < -0.4 is 10.2 Å². The molecule has 14 heavy (non-hydrogen) atoms. The van der Waals surface area contributed by atoms with Gasteiger partial charge in [-0.2, -0.15) is 0 Å². The Morgan fingerprint density at radius 3 is 2.86 bits per heavy atom. The Kier molecular flexibility index (Phi) is 2.54. The SMILES string of the molecule is CN(C)c1ncccc1NC1COC1. The van der Waals surface area contributed by atoms with Crippen molar-refractivity contribution in [3.8, 4) is 0 Å². The molecule has 0 atom stereocenters. The summed E-state index contributed by atoms with van der Waals surface area (Å²) >= 11 is 0. The van der Waals surface area contributed by atoms with Gasteiger partial charge >= 0.3 is 0 Å². The van der Waals surface area contributed by atoms with Crippen LogP contribution in [-0.4, -0.2) is 38.3 Å². The van der Waals surface area contributed by atoms with E-state index in [2.05, 4.69) is 10.3 Å². The fourth-order valence-electron chi connectivity index (χ4n) is 1.40. The Bertz CT molecular complexity index is 310. The van der Waals surface area contributed by atoms with Crippen molar-refractivity contribution in [2.24, 2.45) is 0 Å². The lowest BCUT2D eigenvalue weighted by molar-refractivity contribution is 0.0211. The van der Waals surface area contributed by atoms with Crippen LogP contribution >= 0.6 is 0 Å². The molecule has 1 aliphatic rings. The van der Waals surface area contributed by atoms with Gasteiger partial charge in [-0.1, -0.05) is 0 Å². The van der Waals surface area contributed by atoms with E-state index < -0.39 is 0 Å². The van der Waals surface area contributed by atoms with Crippen LogP contribution in [0.5, 0.6) is 0 Å². The molecule has 1 aromatic heterocycles. The van der Waals surface area contributed by atoms with Crippen molar-refractivity contribution in [3.63, 3.8) is 0 Å². The molecule has 0 unspecified atom stereocenters. The highest BCUT2D eigenvalue weighted by Crippen LogP contribution is 2.22. The maximum absolute atomic E-state index is 5.11. The molecule has 0 radical (unpaired) electrons. The van der Waals surface area contributed by atoms with E-state index in [1.807, 2.05) is 31.1 Å². The topological polar surface area (TPSA) is 37.4 Å². The average molecular weight is 193 g/mol. The molecule has 0 aromatic carbocycles. The predicted molar refractivity (Wildman–Crippen MR) is 56.8 cm³/mol. The monoisotopic (exact) mass is 193 g/mol. The molecule has 76 valence electrons. The van der Waals surface area contributed by atoms with E-state index >= 15 is 0 Å². The number of hydrogen-bond donors (Lipinski definition) is 1. The van der Waals surface area contributed by atoms with Gasteiger partial charge in [0.2, 0.25) is 0 Å². The standard InChI is InChI=1S/C10H15N3O/c1-13(2)10-9(4-3-5-11-10)12-8-6-14-7-8/h3-5,8,12H,6-7H2,1-2H3. The first-order chi connectivity index (χ1) is 6.77. The smallest absolute Gasteiger partial charge is 0.151 e. The minimum absolute atomic E-state index is 0.442. The van der Waals surface area contributed by atoms with Crippen LogP contribution in [0.4, 0.5) is 11.5 Å². The molecule has 1 aliphatic heterocycles. The summed E-state index contributed by atoms with van der Waals surface area (Å²) in [4.78, 5) is 6.31. The van der Waals surface area contributed by atoms with Gasteiger partial charge in [0.05, 0.1) is 24.9 Å². The van der Waals surface area contributed by atoms with E-state index in [0.29, 0.717) is 6.04 Å². The number of hydrogen-bond acceptors (Lipinski definition) is 4. The molecule has 4 heteroatoms. The van der Waals surface area contributed by atoms with Gasteiger partial charge in [-0.3, -0.25) is 0 Å². The summed E-state index contributed by atoms with van der Waals surface area (Å²) in [6.45, 7) is 1.59. The molecule has 1 N–H and O–H groups in total. The normalized spacial score (nSPS) is 16.1. The van der Waals surface area contributed by atoms with Crippen LogP contribution in [0, 0.1) is 0 Å². The molecular formula is C10H15N3O. The van der Waals surface area contributed by atoms with Crippen LogP contribution in [0.3, 0.4) is 0 Å². The summed E-state index contributed by atoms with van der Waals surface area (Å²) in [6, 6.07) is 4.42. The van der Waals surface area contributed by atoms with Crippen molar-refractivity contribution >= 4 is 11.5 Å². The summed E-state index contributed by atoms with van der Waals surface area (Å²) in [6.07, 6.45) is 1.80. The van der Waals surface area contributed by atoms with E-state index in [4.69, 9.17) is 4.74 Å². The number of anilines is 2. The van der Waals surface area contributed by atoms with Gasteiger partial charge in [0.25, 0.3) is 0 Å². The number of nitrogens with one attached hydrogen (secondary N) is 1. The molecule has 1 fully saturated rings. The number of ether oxygens (including phenoxy) is 1. The van der Waals surface area contributed by atoms with E-state index in [-0.39, 0.29) is 0 Å². The van der Waals surface area contributed by atoms with Gasteiger partial charge in [-0.25, -0.2) is 4.98 Å². The predicted octanol–water partition coefficient (Wildman–Crippen LogP) is 0.958. The summed E-state index contributed by atoms with van der Waals surface area (Å²) in [5.74, 6) is 0.972. The molecule has 2 rings (SSSR count). The van der Waals surface area contributed by atoms with Crippen LogP contribution in [0.2, 0.25) is 0 Å². The second-order valence-electron chi connectivity index (χ2n) is 3.65. The lowest BCUT2D eigenvalue weighted by atomic mass is 10.2. The third-order valence-electron chi connectivity index (χ3n) is 2.21. The maximum atomic E-state index is 5.11. The van der Waals surface area contributed by atoms with Crippen molar-refractivity contribution in [3.05, 3.63) is 18.3 Å². The molecule has 1 saturated heterocycles. The first kappa shape index (κ1) is 9.27. The van der Waals surface area contributed by atoms with Gasteiger partial charge in [-0.05, 0) is 12.1 Å². The first-order valence-corrected chi connectivity index (χ1v) is 4.74. The van der Waals surface area contributed by atoms with Crippen molar-refractivity contribution in [1.82, 2.24) is 4.98 Å². The molecule has 4 nitrogen and oxygen atoms in total. The molecule has 2 heterocycles. The summed E-state index contributed by atoms with van der Waals surface area (Å²) < 4.78 is 5.11. The Hall–Kier alpha value is -1.29. The fraction of sp³-hybridized carbons (Fsp3) is 0.500. The lowest BCUT2D eigenvalue weighted by Crippen LogP contribution is -2.40. The lowest BCUT2D eigenvalue weighted by Gasteiger charge is -2.29. The minimum Gasteiger partial charge on any atom is -0.377 e. The van der Waals surface area contributed by atoms with Gasteiger partial charge in [0.1, 0.15) is 0 Å². The van der Waals surface area contributed by atoms with Crippen LogP contribution in [0.1, 0.15) is 0 Å². The number of nitrogens with zero attached hydrogens (tertiary/aromatic N) is 2. The Balaban J connectivity index is 2.13. The summed E-state index contributed by atoms with van der Waals surface area (Å²) in [7, 11) is 3.98. The molecule has 0 aliphatic carbocycles. The molecular weight excluding hydrogens is 178 g/mol. The van der Waals surface area contributed by atoms with Crippen molar-refractivity contribution in [2.75, 3.05) is 37.5 Å². The van der Waals surface area contributed by atoms with Gasteiger partial charge < -0.3 is 15.0 Å². The highest BCUT2D eigenvalue weighted by atomic mass is 16.5.